The van der Waals surface area contributed by atoms with Crippen molar-refractivity contribution in [1.29, 1.82) is 0 Å². The van der Waals surface area contributed by atoms with Crippen LogP contribution in [0.25, 0.3) is 11.1 Å². The highest BCUT2D eigenvalue weighted by Gasteiger charge is 2.16. The molecule has 1 atom stereocenters. The molecule has 2 aromatic rings. The lowest BCUT2D eigenvalue weighted by Crippen LogP contribution is -2.26. The molecule has 0 radical (unpaired) electrons. The van der Waals surface area contributed by atoms with E-state index in [9.17, 15) is 4.79 Å². The molecule has 0 saturated carbocycles. The number of ether oxygens (including phenoxy) is 2. The van der Waals surface area contributed by atoms with Crippen molar-refractivity contribution in [3.05, 3.63) is 48.5 Å². The van der Waals surface area contributed by atoms with E-state index in [1.165, 1.54) is 54.7 Å². The molecule has 0 aliphatic heterocycles. The summed E-state index contributed by atoms with van der Waals surface area (Å²) >= 11 is 1.94. The lowest BCUT2D eigenvalue weighted by Gasteiger charge is -2.14. The minimum absolute atomic E-state index is 0.306. The molecule has 2 aromatic carbocycles. The predicted molar refractivity (Wildman–Crippen MR) is 137 cm³/mol. The number of hydrogen-bond acceptors (Lipinski definition) is 4. The van der Waals surface area contributed by atoms with Gasteiger partial charge < -0.3 is 9.47 Å². The number of carbonyl (C=O) groups is 1. The van der Waals surface area contributed by atoms with E-state index in [2.05, 4.69) is 38.1 Å². The van der Waals surface area contributed by atoms with Gasteiger partial charge in [0.25, 0.3) is 0 Å². The van der Waals surface area contributed by atoms with Crippen molar-refractivity contribution in [2.75, 3.05) is 12.4 Å². The molecule has 0 amide bonds. The number of unbranched alkanes of at least 4 members (excludes halogenated alkanes) is 7. The number of rotatable bonds is 16. The van der Waals surface area contributed by atoms with Crippen molar-refractivity contribution in [2.24, 2.45) is 0 Å². The molecule has 0 fully saturated rings. The maximum atomic E-state index is 12.0. The van der Waals surface area contributed by atoms with Crippen LogP contribution in [0.15, 0.2) is 53.4 Å². The third kappa shape index (κ3) is 10.1. The molecule has 2 rings (SSSR count). The second-order valence-electron chi connectivity index (χ2n) is 8.30. The Bertz CT molecular complexity index is 755. The second kappa shape index (κ2) is 15.8. The van der Waals surface area contributed by atoms with Gasteiger partial charge in [-0.15, -0.1) is 11.8 Å². The van der Waals surface area contributed by atoms with Crippen LogP contribution in [0.3, 0.4) is 0 Å². The van der Waals surface area contributed by atoms with Crippen molar-refractivity contribution < 1.29 is 14.3 Å². The fourth-order valence-electron chi connectivity index (χ4n) is 3.44. The second-order valence-corrected chi connectivity index (χ2v) is 9.47. The van der Waals surface area contributed by atoms with Gasteiger partial charge in [-0.05, 0) is 60.9 Å². The van der Waals surface area contributed by atoms with Gasteiger partial charge in [0.15, 0.2) is 6.10 Å². The van der Waals surface area contributed by atoms with Crippen molar-refractivity contribution in [3.63, 3.8) is 0 Å². The fourth-order valence-corrected chi connectivity index (χ4v) is 4.35. The first-order chi connectivity index (χ1) is 15.6. The Morgan fingerprint density at radius 2 is 1.34 bits per heavy atom. The van der Waals surface area contributed by atoms with E-state index in [0.717, 1.165) is 24.8 Å². The summed E-state index contributed by atoms with van der Waals surface area (Å²) in [4.78, 5) is 13.4. The maximum absolute atomic E-state index is 12.0. The van der Waals surface area contributed by atoms with Crippen molar-refractivity contribution >= 4 is 17.7 Å². The summed E-state index contributed by atoms with van der Waals surface area (Å²) < 4.78 is 11.0. The zero-order valence-electron chi connectivity index (χ0n) is 20.1. The van der Waals surface area contributed by atoms with Gasteiger partial charge in [-0.25, -0.2) is 4.79 Å². The van der Waals surface area contributed by atoms with Gasteiger partial charge in [0.05, 0.1) is 6.61 Å². The minimum Gasteiger partial charge on any atom is -0.479 e. The SMILES string of the molecule is CCCCCCCCSc1ccc(-c2ccc(O[C@H](C)C(=O)OCCCCC)cc2)cc1. The number of esters is 1. The van der Waals surface area contributed by atoms with Crippen LogP contribution in [0.4, 0.5) is 0 Å². The summed E-state index contributed by atoms with van der Waals surface area (Å²) in [6, 6.07) is 16.7. The van der Waals surface area contributed by atoms with Gasteiger partial charge in [-0.1, -0.05) is 83.1 Å². The zero-order chi connectivity index (χ0) is 23.0. The summed E-state index contributed by atoms with van der Waals surface area (Å²) in [5.74, 6) is 1.56. The number of thioether (sulfide) groups is 1. The standard InChI is InChI=1S/C28H40O3S/c1-4-6-8-9-10-12-22-32-27-19-15-25(16-20-27)24-13-17-26(18-14-24)31-23(3)28(29)30-21-11-7-5-2/h13-20,23H,4-12,21-22H2,1-3H3/t23-/m1/s1. The Labute approximate surface area is 199 Å². The molecule has 0 heterocycles. The number of hydrogen-bond donors (Lipinski definition) is 0. The third-order valence-corrected chi connectivity index (χ3v) is 6.54. The van der Waals surface area contributed by atoms with E-state index in [-0.39, 0.29) is 5.97 Å². The molecular formula is C28H40O3S. The van der Waals surface area contributed by atoms with E-state index in [1.807, 2.05) is 36.0 Å². The van der Waals surface area contributed by atoms with E-state index in [0.29, 0.717) is 12.4 Å². The molecule has 0 spiro atoms. The van der Waals surface area contributed by atoms with E-state index < -0.39 is 6.10 Å². The summed E-state index contributed by atoms with van der Waals surface area (Å²) in [6.07, 6.45) is 10.5. The third-order valence-electron chi connectivity index (χ3n) is 5.45. The topological polar surface area (TPSA) is 35.5 Å². The Kier molecular flexibility index (Phi) is 13.0. The van der Waals surface area contributed by atoms with E-state index >= 15 is 0 Å². The summed E-state index contributed by atoms with van der Waals surface area (Å²) in [6.45, 7) is 6.59. The summed E-state index contributed by atoms with van der Waals surface area (Å²) in [5, 5.41) is 0. The highest BCUT2D eigenvalue weighted by Crippen LogP contribution is 2.27. The molecule has 176 valence electrons. The van der Waals surface area contributed by atoms with E-state index in [1.54, 1.807) is 6.92 Å². The predicted octanol–water partition coefficient (Wildman–Crippen LogP) is 8.31. The van der Waals surface area contributed by atoms with Crippen LogP contribution in [0, 0.1) is 0 Å². The first-order valence-corrected chi connectivity index (χ1v) is 13.3. The van der Waals surface area contributed by atoms with Gasteiger partial charge in [0.2, 0.25) is 0 Å². The average Bonchev–Trinajstić information content (AvgIpc) is 2.82. The highest BCUT2D eigenvalue weighted by molar-refractivity contribution is 7.99. The number of benzene rings is 2. The molecule has 0 aliphatic rings. The molecular weight excluding hydrogens is 416 g/mol. The Morgan fingerprint density at radius 3 is 2.00 bits per heavy atom. The smallest absolute Gasteiger partial charge is 0.347 e. The maximum Gasteiger partial charge on any atom is 0.347 e. The summed E-state index contributed by atoms with van der Waals surface area (Å²) in [7, 11) is 0. The van der Waals surface area contributed by atoms with Crippen LogP contribution >= 0.6 is 11.8 Å². The largest absolute Gasteiger partial charge is 0.479 e. The Morgan fingerprint density at radius 1 is 0.781 bits per heavy atom. The lowest BCUT2D eigenvalue weighted by atomic mass is 10.1. The molecule has 0 aromatic heterocycles. The van der Waals surface area contributed by atoms with Gasteiger partial charge in [0.1, 0.15) is 5.75 Å². The highest BCUT2D eigenvalue weighted by atomic mass is 32.2. The number of carbonyl (C=O) groups excluding carboxylic acids is 1. The molecule has 0 aliphatic carbocycles. The zero-order valence-corrected chi connectivity index (χ0v) is 20.9. The molecule has 0 bridgehead atoms. The normalized spacial score (nSPS) is 11.8. The fraction of sp³-hybridized carbons (Fsp3) is 0.536. The molecule has 0 unspecified atom stereocenters. The van der Waals surface area contributed by atoms with Gasteiger partial charge >= 0.3 is 5.97 Å². The average molecular weight is 457 g/mol. The molecule has 4 heteroatoms. The monoisotopic (exact) mass is 456 g/mol. The van der Waals surface area contributed by atoms with Gasteiger partial charge in [-0.2, -0.15) is 0 Å². The lowest BCUT2D eigenvalue weighted by molar-refractivity contribution is -0.151. The first-order valence-electron chi connectivity index (χ1n) is 12.3. The molecule has 0 saturated heterocycles. The quantitative estimate of drug-likeness (QED) is 0.144. The van der Waals surface area contributed by atoms with Crippen molar-refractivity contribution in [1.82, 2.24) is 0 Å². The van der Waals surface area contributed by atoms with Crippen LogP contribution in [0.5, 0.6) is 5.75 Å². The molecule has 0 N–H and O–H groups in total. The first kappa shape index (κ1) is 26.3. The van der Waals surface area contributed by atoms with Crippen LogP contribution < -0.4 is 4.74 Å². The summed E-state index contributed by atoms with van der Waals surface area (Å²) in [5.41, 5.74) is 2.32. The van der Waals surface area contributed by atoms with E-state index in [4.69, 9.17) is 9.47 Å². The van der Waals surface area contributed by atoms with Crippen molar-refractivity contribution in [3.8, 4) is 16.9 Å². The van der Waals surface area contributed by atoms with Crippen LogP contribution in [0.1, 0.15) is 78.6 Å². The van der Waals surface area contributed by atoms with Crippen LogP contribution in [0.2, 0.25) is 0 Å². The van der Waals surface area contributed by atoms with Crippen LogP contribution in [-0.2, 0) is 9.53 Å². The van der Waals surface area contributed by atoms with Crippen LogP contribution in [-0.4, -0.2) is 24.4 Å². The molecule has 32 heavy (non-hydrogen) atoms. The molecule has 3 nitrogen and oxygen atoms in total. The van der Waals surface area contributed by atoms with Gasteiger partial charge in [-0.3, -0.25) is 0 Å². The van der Waals surface area contributed by atoms with Gasteiger partial charge in [0, 0.05) is 4.90 Å². The Hall–Kier alpha value is -1.94. The Balaban J connectivity index is 1.75. The van der Waals surface area contributed by atoms with Crippen molar-refractivity contribution in [2.45, 2.75) is 89.6 Å². The minimum atomic E-state index is -0.606.